The molecule has 0 unspecified atom stereocenters. The third kappa shape index (κ3) is 3.21. The highest BCUT2D eigenvalue weighted by Gasteiger charge is 2.06. The van der Waals surface area contributed by atoms with Crippen LogP contribution in [-0.4, -0.2) is 0 Å². The maximum atomic E-state index is 13.4. The Morgan fingerprint density at radius 2 is 1.89 bits per heavy atom. The molecule has 0 N–H and O–H groups in total. The summed E-state index contributed by atoms with van der Waals surface area (Å²) < 4.78 is 32.0. The summed E-state index contributed by atoms with van der Waals surface area (Å²) in [6, 6.07) is 9.65. The van der Waals surface area contributed by atoms with Crippen molar-refractivity contribution in [1.29, 1.82) is 5.26 Å². The zero-order chi connectivity index (χ0) is 13.8. The van der Waals surface area contributed by atoms with Crippen molar-refractivity contribution < 1.29 is 13.5 Å². The zero-order valence-electron chi connectivity index (χ0n) is 9.66. The third-order valence-electron chi connectivity index (χ3n) is 2.46. The van der Waals surface area contributed by atoms with E-state index in [-0.39, 0.29) is 23.5 Å². The maximum Gasteiger partial charge on any atom is 0.144 e. The van der Waals surface area contributed by atoms with Crippen LogP contribution in [0.15, 0.2) is 36.4 Å². The molecule has 0 atom stereocenters. The summed E-state index contributed by atoms with van der Waals surface area (Å²) in [5, 5.41) is 8.98. The summed E-state index contributed by atoms with van der Waals surface area (Å²) in [6.07, 6.45) is 0. The van der Waals surface area contributed by atoms with Gasteiger partial charge in [0.05, 0.1) is 5.56 Å². The van der Waals surface area contributed by atoms with E-state index in [1.807, 2.05) is 0 Å². The molecule has 2 rings (SSSR count). The van der Waals surface area contributed by atoms with E-state index in [1.54, 1.807) is 6.07 Å². The molecule has 2 aromatic carbocycles. The van der Waals surface area contributed by atoms with Crippen molar-refractivity contribution in [2.24, 2.45) is 0 Å². The van der Waals surface area contributed by atoms with Gasteiger partial charge in [0.25, 0.3) is 0 Å². The Balaban J connectivity index is 2.13. The quantitative estimate of drug-likeness (QED) is 0.848. The molecule has 0 aliphatic heterocycles. The average molecular weight is 280 g/mol. The lowest BCUT2D eigenvalue weighted by Crippen LogP contribution is -1.99. The molecule has 0 heterocycles. The van der Waals surface area contributed by atoms with Gasteiger partial charge in [-0.1, -0.05) is 11.6 Å². The maximum absolute atomic E-state index is 13.4. The third-order valence-corrected chi connectivity index (χ3v) is 2.70. The van der Waals surface area contributed by atoms with Gasteiger partial charge in [-0.05, 0) is 30.3 Å². The SMILES string of the molecule is N#Cc1ccc(OCc2cc(Cl)ccc2F)cc1F. The van der Waals surface area contributed by atoms with Gasteiger partial charge < -0.3 is 4.74 Å². The normalized spacial score (nSPS) is 10.0. The lowest BCUT2D eigenvalue weighted by molar-refractivity contribution is 0.298. The number of ether oxygens (including phenoxy) is 1. The van der Waals surface area contributed by atoms with Crippen LogP contribution in [0.1, 0.15) is 11.1 Å². The van der Waals surface area contributed by atoms with Crippen molar-refractivity contribution in [3.63, 3.8) is 0 Å². The molecule has 0 radical (unpaired) electrons. The molecule has 2 aromatic rings. The number of nitrogens with zero attached hydrogens (tertiary/aromatic N) is 1. The molecule has 0 fully saturated rings. The first-order valence-corrected chi connectivity index (χ1v) is 5.74. The number of hydrogen-bond donors (Lipinski definition) is 0. The summed E-state index contributed by atoms with van der Waals surface area (Å²) in [7, 11) is 0. The van der Waals surface area contributed by atoms with Crippen LogP contribution in [0, 0.1) is 23.0 Å². The Labute approximate surface area is 113 Å². The van der Waals surface area contributed by atoms with Crippen molar-refractivity contribution in [2.45, 2.75) is 6.61 Å². The predicted octanol–water partition coefficient (Wildman–Crippen LogP) is 4.07. The molecule has 0 aromatic heterocycles. The first-order chi connectivity index (χ1) is 9.10. The van der Waals surface area contributed by atoms with Gasteiger partial charge in [-0.15, -0.1) is 0 Å². The fraction of sp³-hybridized carbons (Fsp3) is 0.0714. The fourth-order valence-corrected chi connectivity index (χ4v) is 1.69. The van der Waals surface area contributed by atoms with Gasteiger partial charge in [0.2, 0.25) is 0 Å². The van der Waals surface area contributed by atoms with Crippen molar-refractivity contribution in [3.8, 4) is 11.8 Å². The largest absolute Gasteiger partial charge is 0.489 e. The van der Waals surface area contributed by atoms with Gasteiger partial charge in [0, 0.05) is 16.7 Å². The molecule has 0 saturated carbocycles. The van der Waals surface area contributed by atoms with Crippen molar-refractivity contribution in [3.05, 3.63) is 64.2 Å². The minimum atomic E-state index is -0.674. The molecular weight excluding hydrogens is 272 g/mol. The standard InChI is InChI=1S/C14H8ClF2NO/c15-11-2-4-13(16)10(5-11)8-19-12-3-1-9(7-18)14(17)6-12/h1-6H,8H2. The summed E-state index contributed by atoms with van der Waals surface area (Å²) in [5.74, 6) is -0.902. The molecular formula is C14H8ClF2NO. The Bertz CT molecular complexity index is 652. The number of hydrogen-bond acceptors (Lipinski definition) is 2. The average Bonchev–Trinajstić information content (AvgIpc) is 2.40. The number of nitriles is 1. The highest BCUT2D eigenvalue weighted by Crippen LogP contribution is 2.20. The van der Waals surface area contributed by atoms with E-state index >= 15 is 0 Å². The minimum absolute atomic E-state index is 0.0683. The van der Waals surface area contributed by atoms with Gasteiger partial charge in [0.15, 0.2) is 0 Å². The van der Waals surface area contributed by atoms with E-state index in [2.05, 4.69) is 0 Å². The lowest BCUT2D eigenvalue weighted by Gasteiger charge is -2.08. The van der Waals surface area contributed by atoms with Gasteiger partial charge in [0.1, 0.15) is 30.1 Å². The van der Waals surface area contributed by atoms with Crippen molar-refractivity contribution in [2.75, 3.05) is 0 Å². The van der Waals surface area contributed by atoms with E-state index < -0.39 is 11.6 Å². The van der Waals surface area contributed by atoms with E-state index in [9.17, 15) is 8.78 Å². The molecule has 0 amide bonds. The van der Waals surface area contributed by atoms with E-state index in [0.29, 0.717) is 5.02 Å². The van der Waals surface area contributed by atoms with Gasteiger partial charge in [-0.25, -0.2) is 8.78 Å². The minimum Gasteiger partial charge on any atom is -0.489 e. The van der Waals surface area contributed by atoms with E-state index in [4.69, 9.17) is 21.6 Å². The van der Waals surface area contributed by atoms with Crippen LogP contribution in [0.25, 0.3) is 0 Å². The lowest BCUT2D eigenvalue weighted by atomic mass is 10.2. The van der Waals surface area contributed by atoms with Gasteiger partial charge in [-0.2, -0.15) is 5.26 Å². The highest BCUT2D eigenvalue weighted by molar-refractivity contribution is 6.30. The fourth-order valence-electron chi connectivity index (χ4n) is 1.49. The van der Waals surface area contributed by atoms with Crippen LogP contribution in [0.4, 0.5) is 8.78 Å². The number of benzene rings is 2. The van der Waals surface area contributed by atoms with Crippen LogP contribution < -0.4 is 4.74 Å². The van der Waals surface area contributed by atoms with Crippen LogP contribution >= 0.6 is 11.6 Å². The Morgan fingerprint density at radius 3 is 2.58 bits per heavy atom. The molecule has 19 heavy (non-hydrogen) atoms. The first kappa shape index (κ1) is 13.3. The molecule has 0 spiro atoms. The number of rotatable bonds is 3. The highest BCUT2D eigenvalue weighted by atomic mass is 35.5. The molecule has 96 valence electrons. The summed E-state index contributed by atoms with van der Waals surface area (Å²) in [5.41, 5.74) is 0.207. The van der Waals surface area contributed by atoms with Crippen LogP contribution in [0.2, 0.25) is 5.02 Å². The molecule has 0 saturated heterocycles. The second-order valence-corrected chi connectivity index (χ2v) is 4.21. The Morgan fingerprint density at radius 1 is 1.11 bits per heavy atom. The van der Waals surface area contributed by atoms with Gasteiger partial charge in [-0.3, -0.25) is 0 Å². The first-order valence-electron chi connectivity index (χ1n) is 5.36. The topological polar surface area (TPSA) is 33.0 Å². The molecule has 0 aliphatic carbocycles. The van der Waals surface area contributed by atoms with Crippen molar-refractivity contribution in [1.82, 2.24) is 0 Å². The smallest absolute Gasteiger partial charge is 0.144 e. The summed E-state index contributed by atoms with van der Waals surface area (Å²) >= 11 is 5.75. The van der Waals surface area contributed by atoms with Crippen LogP contribution in [0.3, 0.4) is 0 Å². The zero-order valence-corrected chi connectivity index (χ0v) is 10.4. The summed E-state index contributed by atoms with van der Waals surface area (Å²) in [6.45, 7) is -0.0717. The van der Waals surface area contributed by atoms with Gasteiger partial charge >= 0.3 is 0 Å². The predicted molar refractivity (Wildman–Crippen MR) is 66.9 cm³/mol. The Hall–Kier alpha value is -2.12. The molecule has 2 nitrogen and oxygen atoms in total. The van der Waals surface area contributed by atoms with Crippen molar-refractivity contribution >= 4 is 11.6 Å². The van der Waals surface area contributed by atoms with Crippen LogP contribution in [-0.2, 0) is 6.61 Å². The Kier molecular flexibility index (Phi) is 3.98. The molecule has 5 heteroatoms. The number of halogens is 3. The molecule has 0 aliphatic rings. The second-order valence-electron chi connectivity index (χ2n) is 3.78. The molecule has 0 bridgehead atoms. The second kappa shape index (κ2) is 5.68. The van der Waals surface area contributed by atoms with Crippen LogP contribution in [0.5, 0.6) is 5.75 Å². The van der Waals surface area contributed by atoms with E-state index in [0.717, 1.165) is 6.07 Å². The summed E-state index contributed by atoms with van der Waals surface area (Å²) in [4.78, 5) is 0. The monoisotopic (exact) mass is 279 g/mol. The van der Waals surface area contributed by atoms with E-state index in [1.165, 1.54) is 30.3 Å².